The number of carbonyl (C=O) groups excluding carboxylic acids is 1. The summed E-state index contributed by atoms with van der Waals surface area (Å²) < 4.78 is 5.88. The Labute approximate surface area is 177 Å². The lowest BCUT2D eigenvalue weighted by molar-refractivity contribution is -0.116. The van der Waals surface area contributed by atoms with Gasteiger partial charge in [0.15, 0.2) is 17.3 Å². The first-order valence-corrected chi connectivity index (χ1v) is 10.5. The van der Waals surface area contributed by atoms with Crippen molar-refractivity contribution in [3.05, 3.63) is 69.7 Å². The number of ketones is 1. The minimum absolute atomic E-state index is 0.0580. The average molecular weight is 450 g/mol. The van der Waals surface area contributed by atoms with Gasteiger partial charge in [0.1, 0.15) is 0 Å². The number of halogens is 1. The molecule has 1 aliphatic carbocycles. The van der Waals surface area contributed by atoms with Crippen molar-refractivity contribution in [1.29, 1.82) is 0 Å². The fraction of sp³-hybridized carbons (Fsp3) is 0.208. The molecule has 3 aromatic carbocycles. The molecule has 4 nitrogen and oxygen atoms in total. The largest absolute Gasteiger partial charge is 0.503 e. The van der Waals surface area contributed by atoms with Crippen molar-refractivity contribution >= 4 is 43.7 Å². The molecule has 0 bridgehead atoms. The maximum atomic E-state index is 13.1. The van der Waals surface area contributed by atoms with Crippen molar-refractivity contribution in [1.82, 2.24) is 0 Å². The summed E-state index contributed by atoms with van der Waals surface area (Å²) in [6, 6.07) is 15.9. The van der Waals surface area contributed by atoms with Gasteiger partial charge in [-0.1, -0.05) is 30.3 Å². The summed E-state index contributed by atoms with van der Waals surface area (Å²) >= 11 is 3.41. The minimum atomic E-state index is -0.280. The second-order valence-electron chi connectivity index (χ2n) is 7.51. The van der Waals surface area contributed by atoms with Gasteiger partial charge in [-0.25, -0.2) is 0 Å². The minimum Gasteiger partial charge on any atom is -0.503 e. The fourth-order valence-corrected chi connectivity index (χ4v) is 5.03. The monoisotopic (exact) mass is 449 g/mol. The first-order valence-electron chi connectivity index (χ1n) is 9.69. The third-order valence-corrected chi connectivity index (χ3v) is 6.48. The van der Waals surface area contributed by atoms with Crippen LogP contribution in [-0.2, 0) is 4.79 Å². The van der Waals surface area contributed by atoms with E-state index in [4.69, 9.17) is 4.74 Å². The Morgan fingerprint density at radius 3 is 2.79 bits per heavy atom. The number of fused-ring (bicyclic) bond motifs is 4. The number of anilines is 1. The Bertz CT molecular complexity index is 1200. The van der Waals surface area contributed by atoms with Gasteiger partial charge in [-0.2, -0.15) is 0 Å². The summed E-state index contributed by atoms with van der Waals surface area (Å²) in [5.74, 6) is 0.624. The highest BCUT2D eigenvalue weighted by Gasteiger charge is 2.35. The molecule has 0 amide bonds. The zero-order chi connectivity index (χ0) is 20.1. The zero-order valence-corrected chi connectivity index (χ0v) is 17.5. The highest BCUT2D eigenvalue weighted by Crippen LogP contribution is 2.49. The van der Waals surface area contributed by atoms with E-state index in [-0.39, 0.29) is 17.6 Å². The van der Waals surface area contributed by atoms with Gasteiger partial charge in [-0.15, -0.1) is 0 Å². The molecule has 146 valence electrons. The predicted molar refractivity (Wildman–Crippen MR) is 118 cm³/mol. The third-order valence-electron chi connectivity index (χ3n) is 5.88. The second kappa shape index (κ2) is 6.92. The average Bonchev–Trinajstić information content (AvgIpc) is 2.74. The molecule has 0 saturated carbocycles. The molecule has 1 aliphatic heterocycles. The summed E-state index contributed by atoms with van der Waals surface area (Å²) in [6.07, 6.45) is 2.32. The van der Waals surface area contributed by atoms with Crippen molar-refractivity contribution in [3.8, 4) is 11.5 Å². The van der Waals surface area contributed by atoms with E-state index in [1.807, 2.05) is 18.2 Å². The quantitative estimate of drug-likeness (QED) is 0.504. The van der Waals surface area contributed by atoms with E-state index >= 15 is 0 Å². The molecule has 1 heterocycles. The first kappa shape index (κ1) is 18.3. The van der Waals surface area contributed by atoms with Crippen LogP contribution in [0.15, 0.2) is 58.6 Å². The van der Waals surface area contributed by atoms with Gasteiger partial charge < -0.3 is 15.2 Å². The SMILES string of the molecule is COc1cc([C@@H]2Nc3ccc4ccccc4c3C3=C2C(=O)CCC3)cc(Br)c1O. The van der Waals surface area contributed by atoms with Crippen LogP contribution in [0.3, 0.4) is 0 Å². The maximum absolute atomic E-state index is 13.1. The molecular weight excluding hydrogens is 430 g/mol. The number of ether oxygens (including phenoxy) is 1. The Hall–Kier alpha value is -2.79. The van der Waals surface area contributed by atoms with Crippen LogP contribution in [0.5, 0.6) is 11.5 Å². The van der Waals surface area contributed by atoms with Crippen LogP contribution < -0.4 is 10.1 Å². The van der Waals surface area contributed by atoms with E-state index in [2.05, 4.69) is 45.5 Å². The summed E-state index contributed by atoms with van der Waals surface area (Å²) in [7, 11) is 1.53. The molecule has 2 N–H and O–H groups in total. The molecule has 0 unspecified atom stereocenters. The molecule has 0 aromatic heterocycles. The number of allylic oxidation sites excluding steroid dienone is 1. The number of phenols is 1. The maximum Gasteiger partial charge on any atom is 0.172 e. The Balaban J connectivity index is 1.77. The molecule has 0 fully saturated rings. The zero-order valence-electron chi connectivity index (χ0n) is 16.0. The molecule has 2 aliphatic rings. The number of carbonyl (C=O) groups is 1. The van der Waals surface area contributed by atoms with Crippen molar-refractivity contribution in [3.63, 3.8) is 0 Å². The van der Waals surface area contributed by atoms with E-state index < -0.39 is 0 Å². The molecule has 3 aromatic rings. The van der Waals surface area contributed by atoms with E-state index in [0.29, 0.717) is 16.6 Å². The van der Waals surface area contributed by atoms with Crippen LogP contribution in [-0.4, -0.2) is 18.0 Å². The number of nitrogens with one attached hydrogen (secondary N) is 1. The van der Waals surface area contributed by atoms with Gasteiger partial charge in [0.25, 0.3) is 0 Å². The van der Waals surface area contributed by atoms with Crippen LogP contribution in [0, 0.1) is 0 Å². The van der Waals surface area contributed by atoms with Gasteiger partial charge in [-0.05, 0) is 68.9 Å². The Kier molecular flexibility index (Phi) is 4.36. The van der Waals surface area contributed by atoms with Crippen LogP contribution in [0.2, 0.25) is 0 Å². The van der Waals surface area contributed by atoms with Crippen LogP contribution in [0.1, 0.15) is 36.4 Å². The number of benzene rings is 3. The standard InChI is InChI=1S/C24H20BrNO3/c1-29-20-12-14(11-17(25)24(20)28)23-22-16(7-4-8-19(22)27)21-15-6-3-2-5-13(15)9-10-18(21)26-23/h2-3,5-6,9-12,23,26,28H,4,7-8H2,1H3/t23-/m0/s1. The van der Waals surface area contributed by atoms with Crippen molar-refractivity contribution in [2.24, 2.45) is 0 Å². The van der Waals surface area contributed by atoms with E-state index in [1.165, 1.54) is 17.9 Å². The topological polar surface area (TPSA) is 58.6 Å². The normalized spacial score (nSPS) is 18.3. The van der Waals surface area contributed by atoms with Crippen molar-refractivity contribution in [2.45, 2.75) is 25.3 Å². The molecule has 0 spiro atoms. The van der Waals surface area contributed by atoms with Gasteiger partial charge in [0.05, 0.1) is 17.6 Å². The highest BCUT2D eigenvalue weighted by atomic mass is 79.9. The summed E-state index contributed by atoms with van der Waals surface area (Å²) in [6.45, 7) is 0. The smallest absolute Gasteiger partial charge is 0.172 e. The number of methoxy groups -OCH3 is 1. The molecule has 5 rings (SSSR count). The van der Waals surface area contributed by atoms with Crippen molar-refractivity contribution < 1.29 is 14.6 Å². The number of Topliss-reactive ketones (excluding diaryl/α,β-unsaturated/α-hetero) is 1. The lowest BCUT2D eigenvalue weighted by Gasteiger charge is -2.35. The molecule has 5 heteroatoms. The predicted octanol–water partition coefficient (Wildman–Crippen LogP) is 5.99. The number of phenolic OH excluding ortho intramolecular Hbond substituents is 1. The Morgan fingerprint density at radius 1 is 1.14 bits per heavy atom. The summed E-state index contributed by atoms with van der Waals surface area (Å²) in [5.41, 5.74) is 5.03. The lowest BCUT2D eigenvalue weighted by Crippen LogP contribution is -2.27. The summed E-state index contributed by atoms with van der Waals surface area (Å²) in [5, 5.41) is 16.1. The van der Waals surface area contributed by atoms with Crippen LogP contribution in [0.4, 0.5) is 5.69 Å². The number of rotatable bonds is 2. The highest BCUT2D eigenvalue weighted by molar-refractivity contribution is 9.10. The molecule has 1 atom stereocenters. The van der Waals surface area contributed by atoms with Crippen molar-refractivity contribution in [2.75, 3.05) is 12.4 Å². The van der Waals surface area contributed by atoms with Crippen LogP contribution in [0.25, 0.3) is 16.3 Å². The molecule has 0 saturated heterocycles. The van der Waals surface area contributed by atoms with E-state index in [9.17, 15) is 9.90 Å². The second-order valence-corrected chi connectivity index (χ2v) is 8.36. The number of hydrogen-bond acceptors (Lipinski definition) is 4. The van der Waals surface area contributed by atoms with Crippen LogP contribution >= 0.6 is 15.9 Å². The van der Waals surface area contributed by atoms with E-state index in [1.54, 1.807) is 6.07 Å². The number of hydrogen-bond donors (Lipinski definition) is 2. The van der Waals surface area contributed by atoms with Gasteiger partial charge in [0, 0.05) is 23.2 Å². The molecular formula is C24H20BrNO3. The molecule has 0 radical (unpaired) electrons. The third kappa shape index (κ3) is 2.84. The number of aromatic hydroxyl groups is 1. The lowest BCUT2D eigenvalue weighted by atomic mass is 9.77. The van der Waals surface area contributed by atoms with E-state index in [0.717, 1.165) is 40.8 Å². The van der Waals surface area contributed by atoms with Gasteiger partial charge in [-0.3, -0.25) is 4.79 Å². The van der Waals surface area contributed by atoms with Gasteiger partial charge in [0.2, 0.25) is 0 Å². The van der Waals surface area contributed by atoms with Gasteiger partial charge >= 0.3 is 0 Å². The summed E-state index contributed by atoms with van der Waals surface area (Å²) in [4.78, 5) is 13.1. The molecule has 29 heavy (non-hydrogen) atoms. The first-order chi connectivity index (χ1) is 14.1. The fourth-order valence-electron chi connectivity index (χ4n) is 4.57. The Morgan fingerprint density at radius 2 is 1.97 bits per heavy atom.